The molecule has 0 aromatic carbocycles. The average molecular weight is 176 g/mol. The molecule has 0 atom stereocenters. The van der Waals surface area contributed by atoms with Gasteiger partial charge in [-0.25, -0.2) is 0 Å². The van der Waals surface area contributed by atoms with Crippen LogP contribution in [0.2, 0.25) is 0 Å². The van der Waals surface area contributed by atoms with Crippen LogP contribution in [0.1, 0.15) is 44.9 Å². The molecule has 2 aliphatic rings. The third-order valence-electron chi connectivity index (χ3n) is 3.11. The summed E-state index contributed by atoms with van der Waals surface area (Å²) in [4.78, 5) is 11.5. The van der Waals surface area contributed by atoms with E-state index in [1.165, 1.54) is 24.0 Å². The van der Waals surface area contributed by atoms with Gasteiger partial charge in [0.15, 0.2) is 5.78 Å². The highest BCUT2D eigenvalue weighted by atomic mass is 16.1. The lowest BCUT2D eigenvalue weighted by Gasteiger charge is -2.18. The van der Waals surface area contributed by atoms with E-state index in [1.807, 2.05) is 0 Å². The molecule has 0 aromatic rings. The molecule has 1 heteroatoms. The summed E-state index contributed by atoms with van der Waals surface area (Å²) in [5.74, 6) is 0.387. The van der Waals surface area contributed by atoms with Crippen LogP contribution in [-0.2, 0) is 4.79 Å². The first kappa shape index (κ1) is 8.74. The highest BCUT2D eigenvalue weighted by molar-refractivity contribution is 5.98. The van der Waals surface area contributed by atoms with Crippen LogP contribution < -0.4 is 0 Å². The Morgan fingerprint density at radius 3 is 2.15 bits per heavy atom. The SMILES string of the molecule is C=C1CCCC/C1=C1\CCCC1=O. The molecule has 0 radical (unpaired) electrons. The van der Waals surface area contributed by atoms with Crippen molar-refractivity contribution in [1.29, 1.82) is 0 Å². The first-order chi connectivity index (χ1) is 6.29. The Hall–Kier alpha value is -0.850. The van der Waals surface area contributed by atoms with Crippen molar-refractivity contribution in [2.24, 2.45) is 0 Å². The van der Waals surface area contributed by atoms with Gasteiger partial charge in [-0.05, 0) is 49.7 Å². The summed E-state index contributed by atoms with van der Waals surface area (Å²) in [6.07, 6.45) is 7.53. The molecule has 2 aliphatic carbocycles. The van der Waals surface area contributed by atoms with Crippen LogP contribution in [0, 0.1) is 0 Å². The van der Waals surface area contributed by atoms with Gasteiger partial charge in [0.1, 0.15) is 0 Å². The molecule has 2 rings (SSSR count). The normalized spacial score (nSPS) is 29.8. The van der Waals surface area contributed by atoms with E-state index in [2.05, 4.69) is 6.58 Å². The third kappa shape index (κ3) is 1.60. The van der Waals surface area contributed by atoms with E-state index in [1.54, 1.807) is 0 Å². The summed E-state index contributed by atoms with van der Waals surface area (Å²) in [7, 11) is 0. The van der Waals surface area contributed by atoms with E-state index in [9.17, 15) is 4.79 Å². The van der Waals surface area contributed by atoms with E-state index in [-0.39, 0.29) is 0 Å². The molecule has 0 unspecified atom stereocenters. The van der Waals surface area contributed by atoms with E-state index in [4.69, 9.17) is 0 Å². The minimum absolute atomic E-state index is 0.387. The number of allylic oxidation sites excluding steroid dienone is 3. The highest BCUT2D eigenvalue weighted by Crippen LogP contribution is 2.34. The molecule has 0 bridgehead atoms. The van der Waals surface area contributed by atoms with E-state index in [0.717, 1.165) is 37.7 Å². The molecule has 0 aromatic heterocycles. The van der Waals surface area contributed by atoms with Crippen molar-refractivity contribution in [3.8, 4) is 0 Å². The summed E-state index contributed by atoms with van der Waals surface area (Å²) in [5.41, 5.74) is 3.66. The van der Waals surface area contributed by atoms with Crippen LogP contribution in [-0.4, -0.2) is 5.78 Å². The number of hydrogen-bond donors (Lipinski definition) is 0. The molecular formula is C12H16O. The predicted octanol–water partition coefficient (Wildman–Crippen LogP) is 3.17. The Balaban J connectivity index is 2.29. The van der Waals surface area contributed by atoms with Crippen LogP contribution in [0.15, 0.2) is 23.3 Å². The molecule has 13 heavy (non-hydrogen) atoms. The fourth-order valence-electron chi connectivity index (χ4n) is 2.37. The third-order valence-corrected chi connectivity index (χ3v) is 3.11. The molecule has 0 saturated heterocycles. The standard InChI is InChI=1S/C12H16O/c1-9-5-2-3-6-10(9)11-7-4-8-12(11)13/h1-8H2/b11-10-. The number of rotatable bonds is 0. The maximum Gasteiger partial charge on any atom is 0.159 e. The number of hydrogen-bond acceptors (Lipinski definition) is 1. The molecular weight excluding hydrogens is 160 g/mol. The lowest BCUT2D eigenvalue weighted by atomic mass is 9.86. The van der Waals surface area contributed by atoms with Crippen LogP contribution in [0.25, 0.3) is 0 Å². The van der Waals surface area contributed by atoms with E-state index in [0.29, 0.717) is 5.78 Å². The van der Waals surface area contributed by atoms with Crippen molar-refractivity contribution in [3.05, 3.63) is 23.3 Å². The Morgan fingerprint density at radius 2 is 1.54 bits per heavy atom. The Morgan fingerprint density at radius 1 is 0.846 bits per heavy atom. The van der Waals surface area contributed by atoms with Gasteiger partial charge in [-0.2, -0.15) is 0 Å². The van der Waals surface area contributed by atoms with Gasteiger partial charge in [0, 0.05) is 6.42 Å². The second-order valence-electron chi connectivity index (χ2n) is 4.04. The number of carbonyl (C=O) groups excluding carboxylic acids is 1. The quantitative estimate of drug-likeness (QED) is 0.518. The predicted molar refractivity (Wildman–Crippen MR) is 53.5 cm³/mol. The monoisotopic (exact) mass is 176 g/mol. The Kier molecular flexibility index (Phi) is 2.34. The Bertz CT molecular complexity index is 283. The first-order valence-corrected chi connectivity index (χ1v) is 5.22. The van der Waals surface area contributed by atoms with Gasteiger partial charge in [0.25, 0.3) is 0 Å². The fourth-order valence-corrected chi connectivity index (χ4v) is 2.37. The molecule has 0 spiro atoms. The van der Waals surface area contributed by atoms with Crippen LogP contribution >= 0.6 is 0 Å². The Labute approximate surface area is 79.5 Å². The molecule has 0 heterocycles. The molecule has 1 nitrogen and oxygen atoms in total. The van der Waals surface area contributed by atoms with Crippen molar-refractivity contribution >= 4 is 5.78 Å². The lowest BCUT2D eigenvalue weighted by Crippen LogP contribution is -2.04. The van der Waals surface area contributed by atoms with Crippen LogP contribution in [0.5, 0.6) is 0 Å². The molecule has 2 fully saturated rings. The van der Waals surface area contributed by atoms with Gasteiger partial charge in [0.2, 0.25) is 0 Å². The zero-order valence-corrected chi connectivity index (χ0v) is 8.07. The summed E-state index contributed by atoms with van der Waals surface area (Å²) in [5, 5.41) is 0. The molecule has 0 amide bonds. The molecule has 0 aliphatic heterocycles. The zero-order chi connectivity index (χ0) is 9.26. The molecule has 2 saturated carbocycles. The maximum atomic E-state index is 11.5. The van der Waals surface area contributed by atoms with Crippen molar-refractivity contribution in [2.75, 3.05) is 0 Å². The number of carbonyl (C=O) groups is 1. The van der Waals surface area contributed by atoms with Crippen LogP contribution in [0.4, 0.5) is 0 Å². The van der Waals surface area contributed by atoms with Crippen molar-refractivity contribution < 1.29 is 4.79 Å². The van der Waals surface area contributed by atoms with Gasteiger partial charge < -0.3 is 0 Å². The minimum Gasteiger partial charge on any atom is -0.295 e. The summed E-state index contributed by atoms with van der Waals surface area (Å²) in [6, 6.07) is 0. The summed E-state index contributed by atoms with van der Waals surface area (Å²) < 4.78 is 0. The summed E-state index contributed by atoms with van der Waals surface area (Å²) >= 11 is 0. The highest BCUT2D eigenvalue weighted by Gasteiger charge is 2.23. The van der Waals surface area contributed by atoms with Crippen molar-refractivity contribution in [2.45, 2.75) is 44.9 Å². The number of Topliss-reactive ketones (excluding diaryl/α,β-unsaturated/α-hetero) is 1. The lowest BCUT2D eigenvalue weighted by molar-refractivity contribution is -0.114. The van der Waals surface area contributed by atoms with Gasteiger partial charge >= 0.3 is 0 Å². The topological polar surface area (TPSA) is 17.1 Å². The first-order valence-electron chi connectivity index (χ1n) is 5.22. The van der Waals surface area contributed by atoms with Gasteiger partial charge in [-0.1, -0.05) is 12.2 Å². The minimum atomic E-state index is 0.387. The van der Waals surface area contributed by atoms with Gasteiger partial charge in [0.05, 0.1) is 0 Å². The van der Waals surface area contributed by atoms with E-state index < -0.39 is 0 Å². The van der Waals surface area contributed by atoms with Crippen molar-refractivity contribution in [3.63, 3.8) is 0 Å². The smallest absolute Gasteiger partial charge is 0.159 e. The number of ketones is 1. The summed E-state index contributed by atoms with van der Waals surface area (Å²) in [6.45, 7) is 4.06. The van der Waals surface area contributed by atoms with E-state index >= 15 is 0 Å². The van der Waals surface area contributed by atoms with Crippen molar-refractivity contribution in [1.82, 2.24) is 0 Å². The largest absolute Gasteiger partial charge is 0.295 e. The zero-order valence-electron chi connectivity index (χ0n) is 8.07. The average Bonchev–Trinajstić information content (AvgIpc) is 2.52. The molecule has 70 valence electrons. The second-order valence-corrected chi connectivity index (χ2v) is 4.04. The fraction of sp³-hybridized carbons (Fsp3) is 0.583. The van der Waals surface area contributed by atoms with Crippen LogP contribution in [0.3, 0.4) is 0 Å². The van der Waals surface area contributed by atoms with Gasteiger partial charge in [-0.3, -0.25) is 4.79 Å². The molecule has 0 N–H and O–H groups in total. The maximum absolute atomic E-state index is 11.5. The van der Waals surface area contributed by atoms with Gasteiger partial charge in [-0.15, -0.1) is 0 Å². The second kappa shape index (κ2) is 3.49.